The Bertz CT molecular complexity index is 343. The highest BCUT2D eigenvalue weighted by molar-refractivity contribution is 5.32. The average Bonchev–Trinajstić information content (AvgIpc) is 2.70. The van der Waals surface area contributed by atoms with Crippen LogP contribution < -0.4 is 4.74 Å². The summed E-state index contributed by atoms with van der Waals surface area (Å²) in [5.74, 6) is 1.04. The largest absolute Gasteiger partial charge is 0.490 e. The minimum absolute atomic E-state index is 0.203. The Balaban J connectivity index is 2.09. The van der Waals surface area contributed by atoms with Crippen molar-refractivity contribution in [3.05, 3.63) is 29.8 Å². The minimum atomic E-state index is 0.203. The third kappa shape index (κ3) is 2.78. The molecule has 0 aliphatic heterocycles. The first-order valence-electron chi connectivity index (χ1n) is 6.33. The van der Waals surface area contributed by atoms with Crippen molar-refractivity contribution in [2.75, 3.05) is 0 Å². The van der Waals surface area contributed by atoms with E-state index in [2.05, 4.69) is 45.0 Å². The molecule has 0 atom stereocenters. The Morgan fingerprint density at radius 2 is 1.81 bits per heavy atom. The van der Waals surface area contributed by atoms with Crippen molar-refractivity contribution in [3.8, 4) is 5.75 Å². The van der Waals surface area contributed by atoms with E-state index in [1.807, 2.05) is 0 Å². The summed E-state index contributed by atoms with van der Waals surface area (Å²) >= 11 is 0. The lowest BCUT2D eigenvalue weighted by molar-refractivity contribution is 0.209. The quantitative estimate of drug-likeness (QED) is 0.719. The first kappa shape index (κ1) is 11.5. The van der Waals surface area contributed by atoms with Crippen LogP contribution in [0.25, 0.3) is 0 Å². The molecule has 0 amide bonds. The number of ether oxygens (including phenoxy) is 1. The molecule has 1 heteroatoms. The van der Waals surface area contributed by atoms with Gasteiger partial charge in [-0.25, -0.2) is 0 Å². The fourth-order valence-electron chi connectivity index (χ4n) is 2.23. The van der Waals surface area contributed by atoms with Gasteiger partial charge in [0.1, 0.15) is 5.75 Å². The molecule has 0 unspecified atom stereocenters. The Kier molecular flexibility index (Phi) is 3.22. The van der Waals surface area contributed by atoms with Gasteiger partial charge < -0.3 is 4.74 Å². The number of hydrogen-bond donors (Lipinski definition) is 0. The number of hydrogen-bond acceptors (Lipinski definition) is 1. The molecule has 16 heavy (non-hydrogen) atoms. The second-order valence-electron chi connectivity index (χ2n) is 5.80. The molecule has 0 spiro atoms. The molecule has 0 bridgehead atoms. The second kappa shape index (κ2) is 4.48. The van der Waals surface area contributed by atoms with E-state index in [4.69, 9.17) is 4.74 Å². The van der Waals surface area contributed by atoms with Crippen LogP contribution in [-0.2, 0) is 5.41 Å². The Labute approximate surface area is 98.8 Å². The summed E-state index contributed by atoms with van der Waals surface area (Å²) in [5.41, 5.74) is 1.55. The molecule has 1 aliphatic rings. The third-order valence-electron chi connectivity index (χ3n) is 3.31. The van der Waals surface area contributed by atoms with Crippen molar-refractivity contribution >= 4 is 0 Å². The predicted molar refractivity (Wildman–Crippen MR) is 68.0 cm³/mol. The molecule has 1 nitrogen and oxygen atoms in total. The van der Waals surface area contributed by atoms with E-state index in [-0.39, 0.29) is 5.41 Å². The van der Waals surface area contributed by atoms with Gasteiger partial charge in [0.25, 0.3) is 0 Å². The standard InChI is InChI=1S/C15H22O/c1-15(2,3)12-7-6-10-14(11-12)16-13-8-4-5-9-13/h6-7,10-11,13H,4-5,8-9H2,1-3H3. The lowest BCUT2D eigenvalue weighted by Gasteiger charge is -2.21. The molecule has 0 heterocycles. The van der Waals surface area contributed by atoms with Crippen molar-refractivity contribution in [3.63, 3.8) is 0 Å². The van der Waals surface area contributed by atoms with Crippen molar-refractivity contribution in [1.29, 1.82) is 0 Å². The van der Waals surface area contributed by atoms with E-state index in [9.17, 15) is 0 Å². The molecule has 1 aromatic rings. The van der Waals surface area contributed by atoms with Gasteiger partial charge in [-0.3, -0.25) is 0 Å². The molecule has 1 fully saturated rings. The monoisotopic (exact) mass is 218 g/mol. The predicted octanol–water partition coefficient (Wildman–Crippen LogP) is 4.31. The van der Waals surface area contributed by atoms with Crippen LogP contribution in [0.1, 0.15) is 52.0 Å². The Morgan fingerprint density at radius 1 is 1.12 bits per heavy atom. The first-order chi connectivity index (χ1) is 7.55. The summed E-state index contributed by atoms with van der Waals surface area (Å²) in [5, 5.41) is 0. The molecule has 88 valence electrons. The Morgan fingerprint density at radius 3 is 2.44 bits per heavy atom. The molecule has 1 aromatic carbocycles. The topological polar surface area (TPSA) is 9.23 Å². The van der Waals surface area contributed by atoms with Gasteiger partial charge in [0.15, 0.2) is 0 Å². The summed E-state index contributed by atoms with van der Waals surface area (Å²) in [7, 11) is 0. The van der Waals surface area contributed by atoms with Gasteiger partial charge in [0.2, 0.25) is 0 Å². The van der Waals surface area contributed by atoms with Crippen LogP contribution in [0.3, 0.4) is 0 Å². The SMILES string of the molecule is CC(C)(C)c1cccc(OC2CCCC2)c1. The van der Waals surface area contributed by atoms with Crippen molar-refractivity contribution in [1.82, 2.24) is 0 Å². The molecule has 2 rings (SSSR count). The van der Waals surface area contributed by atoms with Gasteiger partial charge >= 0.3 is 0 Å². The van der Waals surface area contributed by atoms with Crippen LogP contribution >= 0.6 is 0 Å². The van der Waals surface area contributed by atoms with Crippen molar-refractivity contribution in [2.24, 2.45) is 0 Å². The fourth-order valence-corrected chi connectivity index (χ4v) is 2.23. The summed E-state index contributed by atoms with van der Waals surface area (Å²) < 4.78 is 6.01. The first-order valence-corrected chi connectivity index (χ1v) is 6.33. The summed E-state index contributed by atoms with van der Waals surface area (Å²) in [6.45, 7) is 6.71. The fraction of sp³-hybridized carbons (Fsp3) is 0.600. The molecule has 1 saturated carbocycles. The van der Waals surface area contributed by atoms with Crippen molar-refractivity contribution < 1.29 is 4.74 Å². The molecule has 0 aromatic heterocycles. The van der Waals surface area contributed by atoms with Gasteiger partial charge in [0, 0.05) is 0 Å². The van der Waals surface area contributed by atoms with E-state index < -0.39 is 0 Å². The second-order valence-corrected chi connectivity index (χ2v) is 5.80. The highest BCUT2D eigenvalue weighted by atomic mass is 16.5. The van der Waals surface area contributed by atoms with E-state index >= 15 is 0 Å². The molecule has 1 aliphatic carbocycles. The molecular weight excluding hydrogens is 196 g/mol. The van der Waals surface area contributed by atoms with Crippen molar-refractivity contribution in [2.45, 2.75) is 58.0 Å². The van der Waals surface area contributed by atoms with E-state index in [1.165, 1.54) is 31.2 Å². The zero-order valence-electron chi connectivity index (χ0n) is 10.6. The minimum Gasteiger partial charge on any atom is -0.490 e. The van der Waals surface area contributed by atoms with Crippen LogP contribution in [0.2, 0.25) is 0 Å². The zero-order valence-corrected chi connectivity index (χ0v) is 10.6. The van der Waals surface area contributed by atoms with E-state index in [1.54, 1.807) is 0 Å². The molecule has 0 N–H and O–H groups in total. The third-order valence-corrected chi connectivity index (χ3v) is 3.31. The van der Waals surface area contributed by atoms with Crippen LogP contribution in [0.4, 0.5) is 0 Å². The van der Waals surface area contributed by atoms with Gasteiger partial charge in [-0.1, -0.05) is 32.9 Å². The van der Waals surface area contributed by atoms with Gasteiger partial charge in [-0.15, -0.1) is 0 Å². The molecular formula is C15H22O. The highest BCUT2D eigenvalue weighted by Crippen LogP contribution is 2.28. The van der Waals surface area contributed by atoms with Gasteiger partial charge in [0.05, 0.1) is 6.10 Å². The maximum Gasteiger partial charge on any atom is 0.120 e. The van der Waals surface area contributed by atoms with Crippen LogP contribution in [0.15, 0.2) is 24.3 Å². The summed E-state index contributed by atoms with van der Waals surface area (Å²) in [6.07, 6.45) is 5.54. The van der Waals surface area contributed by atoms with Crippen LogP contribution in [0.5, 0.6) is 5.75 Å². The molecule has 0 saturated heterocycles. The van der Waals surface area contributed by atoms with Gasteiger partial charge in [-0.05, 0) is 48.8 Å². The average molecular weight is 218 g/mol. The number of benzene rings is 1. The zero-order chi connectivity index (χ0) is 11.6. The van der Waals surface area contributed by atoms with Crippen LogP contribution in [0, 0.1) is 0 Å². The lowest BCUT2D eigenvalue weighted by Crippen LogP contribution is -2.13. The summed E-state index contributed by atoms with van der Waals surface area (Å²) in [4.78, 5) is 0. The normalized spacial score (nSPS) is 17.7. The lowest BCUT2D eigenvalue weighted by atomic mass is 9.87. The summed E-state index contributed by atoms with van der Waals surface area (Å²) in [6, 6.07) is 8.55. The maximum absolute atomic E-state index is 6.01. The molecule has 0 radical (unpaired) electrons. The number of rotatable bonds is 2. The Hall–Kier alpha value is -0.980. The maximum atomic E-state index is 6.01. The highest BCUT2D eigenvalue weighted by Gasteiger charge is 2.18. The van der Waals surface area contributed by atoms with E-state index in [0.29, 0.717) is 6.10 Å². The van der Waals surface area contributed by atoms with Crippen LogP contribution in [-0.4, -0.2) is 6.10 Å². The smallest absolute Gasteiger partial charge is 0.120 e. The van der Waals surface area contributed by atoms with E-state index in [0.717, 1.165) is 5.75 Å². The van der Waals surface area contributed by atoms with Gasteiger partial charge in [-0.2, -0.15) is 0 Å².